The van der Waals surface area contributed by atoms with E-state index >= 15 is 0 Å². The Morgan fingerprint density at radius 2 is 2.00 bits per heavy atom. The maximum absolute atomic E-state index is 12.0. The molecule has 7 heteroatoms. The zero-order chi connectivity index (χ0) is 15.4. The van der Waals surface area contributed by atoms with E-state index in [0.29, 0.717) is 33.7 Å². The third-order valence-electron chi connectivity index (χ3n) is 2.77. The summed E-state index contributed by atoms with van der Waals surface area (Å²) in [5.74, 6) is 1.31. The molecule has 0 bridgehead atoms. The number of hydrogen-bond donors (Lipinski definition) is 1. The van der Waals surface area contributed by atoms with Crippen LogP contribution in [0.5, 0.6) is 11.5 Å². The lowest BCUT2D eigenvalue weighted by molar-refractivity contribution is -0.115. The predicted octanol–water partition coefficient (Wildman–Crippen LogP) is 2.83. The Labute approximate surface area is 127 Å². The van der Waals surface area contributed by atoms with E-state index in [1.165, 1.54) is 14.2 Å². The van der Waals surface area contributed by atoms with Crippen molar-refractivity contribution in [1.82, 2.24) is 5.16 Å². The van der Waals surface area contributed by atoms with Crippen LogP contribution >= 0.6 is 11.6 Å². The fraction of sp³-hybridized carbons (Fsp3) is 0.286. The lowest BCUT2D eigenvalue weighted by Gasteiger charge is -2.12. The number of benzene rings is 1. The van der Waals surface area contributed by atoms with Gasteiger partial charge in [-0.05, 0) is 6.92 Å². The zero-order valence-corrected chi connectivity index (χ0v) is 12.7. The minimum absolute atomic E-state index is 0.103. The van der Waals surface area contributed by atoms with Crippen LogP contribution in [0.2, 0.25) is 5.02 Å². The van der Waals surface area contributed by atoms with E-state index in [0.717, 1.165) is 0 Å². The molecule has 0 aliphatic heterocycles. The molecule has 0 saturated heterocycles. The molecule has 0 unspecified atom stereocenters. The van der Waals surface area contributed by atoms with Gasteiger partial charge >= 0.3 is 0 Å². The molecule has 2 aromatic rings. The Morgan fingerprint density at radius 1 is 1.29 bits per heavy atom. The predicted molar refractivity (Wildman–Crippen MR) is 78.1 cm³/mol. The number of anilines is 1. The van der Waals surface area contributed by atoms with Crippen LogP contribution in [0.3, 0.4) is 0 Å². The number of carbonyl (C=O) groups is 1. The third-order valence-corrected chi connectivity index (χ3v) is 3.06. The lowest BCUT2D eigenvalue weighted by Crippen LogP contribution is -2.15. The molecule has 1 aromatic heterocycles. The summed E-state index contributed by atoms with van der Waals surface area (Å²) in [6.07, 6.45) is 0.103. The molecule has 1 N–H and O–H groups in total. The molecule has 1 heterocycles. The van der Waals surface area contributed by atoms with Gasteiger partial charge in [-0.15, -0.1) is 0 Å². The smallest absolute Gasteiger partial charge is 0.230 e. The molecule has 1 amide bonds. The molecule has 6 nitrogen and oxygen atoms in total. The van der Waals surface area contributed by atoms with E-state index in [9.17, 15) is 4.79 Å². The fourth-order valence-corrected chi connectivity index (χ4v) is 2.05. The first-order valence-electron chi connectivity index (χ1n) is 6.17. The van der Waals surface area contributed by atoms with Crippen molar-refractivity contribution in [2.45, 2.75) is 13.3 Å². The largest absolute Gasteiger partial charge is 0.495 e. The first-order chi connectivity index (χ1) is 10.0. The van der Waals surface area contributed by atoms with Crippen molar-refractivity contribution in [3.05, 3.63) is 34.7 Å². The van der Waals surface area contributed by atoms with Crippen molar-refractivity contribution in [1.29, 1.82) is 0 Å². The number of aromatic nitrogens is 1. The van der Waals surface area contributed by atoms with Crippen molar-refractivity contribution in [3.8, 4) is 11.5 Å². The molecule has 0 atom stereocenters. The number of aryl methyl sites for hydroxylation is 1. The molecule has 2 rings (SSSR count). The van der Waals surface area contributed by atoms with Crippen molar-refractivity contribution in [2.75, 3.05) is 19.5 Å². The fourth-order valence-electron chi connectivity index (χ4n) is 1.82. The highest BCUT2D eigenvalue weighted by Crippen LogP contribution is 2.35. The van der Waals surface area contributed by atoms with E-state index in [-0.39, 0.29) is 12.3 Å². The summed E-state index contributed by atoms with van der Waals surface area (Å²) >= 11 is 6.01. The highest BCUT2D eigenvalue weighted by molar-refractivity contribution is 6.32. The zero-order valence-electron chi connectivity index (χ0n) is 11.9. The minimum atomic E-state index is -0.244. The third kappa shape index (κ3) is 3.66. The van der Waals surface area contributed by atoms with Crippen LogP contribution in [0.4, 0.5) is 5.69 Å². The molecule has 0 aliphatic carbocycles. The monoisotopic (exact) mass is 310 g/mol. The highest BCUT2D eigenvalue weighted by atomic mass is 35.5. The topological polar surface area (TPSA) is 73.6 Å². The second-order valence-corrected chi connectivity index (χ2v) is 4.75. The average Bonchev–Trinajstić information content (AvgIpc) is 2.85. The Hall–Kier alpha value is -2.21. The first kappa shape index (κ1) is 15.2. The SMILES string of the molecule is COc1cc(NC(=O)Cc2cc(C)on2)c(OC)cc1Cl. The summed E-state index contributed by atoms with van der Waals surface area (Å²) in [7, 11) is 2.99. The van der Waals surface area contributed by atoms with E-state index < -0.39 is 0 Å². The van der Waals surface area contributed by atoms with Gasteiger partial charge in [-0.1, -0.05) is 16.8 Å². The van der Waals surface area contributed by atoms with Crippen molar-refractivity contribution >= 4 is 23.2 Å². The van der Waals surface area contributed by atoms with E-state index in [2.05, 4.69) is 10.5 Å². The Kier molecular flexibility index (Phi) is 4.70. The average molecular weight is 311 g/mol. The number of nitrogens with one attached hydrogen (secondary N) is 1. The summed E-state index contributed by atoms with van der Waals surface area (Å²) in [5, 5.41) is 6.91. The number of ether oxygens (including phenoxy) is 2. The molecule has 21 heavy (non-hydrogen) atoms. The van der Waals surface area contributed by atoms with Gasteiger partial charge in [0.1, 0.15) is 17.3 Å². The molecule has 112 valence electrons. The Bertz CT molecular complexity index is 654. The second-order valence-electron chi connectivity index (χ2n) is 4.34. The second kappa shape index (κ2) is 6.49. The number of nitrogens with zero attached hydrogens (tertiary/aromatic N) is 1. The van der Waals surface area contributed by atoms with Gasteiger partial charge in [-0.3, -0.25) is 4.79 Å². The molecule has 1 aromatic carbocycles. The molecule has 0 saturated carbocycles. The van der Waals surface area contributed by atoms with Gasteiger partial charge in [0.05, 0.1) is 37.0 Å². The molecule has 0 radical (unpaired) electrons. The van der Waals surface area contributed by atoms with Crippen LogP contribution in [-0.4, -0.2) is 25.3 Å². The summed E-state index contributed by atoms with van der Waals surface area (Å²) < 4.78 is 15.2. The minimum Gasteiger partial charge on any atom is -0.495 e. The van der Waals surface area contributed by atoms with Crippen molar-refractivity contribution < 1.29 is 18.8 Å². The number of rotatable bonds is 5. The maximum Gasteiger partial charge on any atom is 0.230 e. The van der Waals surface area contributed by atoms with Crippen molar-refractivity contribution in [3.63, 3.8) is 0 Å². The summed E-state index contributed by atoms with van der Waals surface area (Å²) in [6.45, 7) is 1.77. The quantitative estimate of drug-likeness (QED) is 0.919. The number of amides is 1. The summed E-state index contributed by atoms with van der Waals surface area (Å²) in [4.78, 5) is 12.0. The number of halogens is 1. The van der Waals surface area contributed by atoms with Crippen LogP contribution in [0.1, 0.15) is 11.5 Å². The van der Waals surface area contributed by atoms with Crippen LogP contribution in [0.25, 0.3) is 0 Å². The molecular formula is C14H15ClN2O4. The van der Waals surface area contributed by atoms with Gasteiger partial charge in [0.15, 0.2) is 0 Å². The lowest BCUT2D eigenvalue weighted by atomic mass is 10.2. The van der Waals surface area contributed by atoms with Gasteiger partial charge in [0, 0.05) is 18.2 Å². The molecule has 0 spiro atoms. The first-order valence-corrected chi connectivity index (χ1v) is 6.55. The van der Waals surface area contributed by atoms with E-state index in [1.807, 2.05) is 0 Å². The van der Waals surface area contributed by atoms with Gasteiger partial charge < -0.3 is 19.3 Å². The van der Waals surface area contributed by atoms with E-state index in [4.69, 9.17) is 25.6 Å². The molecule has 0 fully saturated rings. The Balaban J connectivity index is 2.16. The Morgan fingerprint density at radius 3 is 2.57 bits per heavy atom. The van der Waals surface area contributed by atoms with Gasteiger partial charge in [-0.2, -0.15) is 0 Å². The number of methoxy groups -OCH3 is 2. The molecular weight excluding hydrogens is 296 g/mol. The van der Waals surface area contributed by atoms with Crippen LogP contribution < -0.4 is 14.8 Å². The van der Waals surface area contributed by atoms with Gasteiger partial charge in [-0.25, -0.2) is 0 Å². The van der Waals surface area contributed by atoms with Crippen LogP contribution in [0, 0.1) is 6.92 Å². The van der Waals surface area contributed by atoms with Gasteiger partial charge in [0.2, 0.25) is 5.91 Å². The van der Waals surface area contributed by atoms with E-state index in [1.54, 1.807) is 25.1 Å². The van der Waals surface area contributed by atoms with Gasteiger partial charge in [0.25, 0.3) is 0 Å². The maximum atomic E-state index is 12.0. The highest BCUT2D eigenvalue weighted by Gasteiger charge is 2.14. The molecule has 0 aliphatic rings. The number of hydrogen-bond acceptors (Lipinski definition) is 5. The number of carbonyl (C=O) groups excluding carboxylic acids is 1. The normalized spacial score (nSPS) is 10.3. The van der Waals surface area contributed by atoms with Crippen LogP contribution in [-0.2, 0) is 11.2 Å². The standard InChI is InChI=1S/C14H15ClN2O4/c1-8-4-9(17-21-8)5-14(18)16-11-7-12(19-2)10(15)6-13(11)20-3/h4,6-7H,5H2,1-3H3,(H,16,18). The van der Waals surface area contributed by atoms with Crippen LogP contribution in [0.15, 0.2) is 22.7 Å². The summed E-state index contributed by atoms with van der Waals surface area (Å²) in [6, 6.07) is 4.89. The summed E-state index contributed by atoms with van der Waals surface area (Å²) in [5.41, 5.74) is 1.04. The van der Waals surface area contributed by atoms with Crippen molar-refractivity contribution in [2.24, 2.45) is 0 Å².